The monoisotopic (exact) mass is 261 g/mol. The average Bonchev–Trinajstić information content (AvgIpc) is 2.89. The maximum absolute atomic E-state index is 5.61. The molecule has 3 N–H and O–H groups in total. The second-order valence-corrected chi connectivity index (χ2v) is 5.53. The zero-order valence-corrected chi connectivity index (χ0v) is 11.4. The van der Waals surface area contributed by atoms with Gasteiger partial charge in [-0.15, -0.1) is 11.3 Å². The molecule has 1 atom stereocenters. The predicted molar refractivity (Wildman–Crippen MR) is 76.4 cm³/mol. The van der Waals surface area contributed by atoms with Crippen molar-refractivity contribution in [3.8, 4) is 0 Å². The average molecular weight is 261 g/mol. The largest absolute Gasteiger partial charge is 0.271 e. The number of hydrazine groups is 1. The van der Waals surface area contributed by atoms with Crippen molar-refractivity contribution in [3.63, 3.8) is 0 Å². The smallest absolute Gasteiger partial charge is 0.0794 e. The second-order valence-electron chi connectivity index (χ2n) is 4.56. The first-order valence-electron chi connectivity index (χ1n) is 6.17. The van der Waals surface area contributed by atoms with E-state index in [1.165, 1.54) is 16.0 Å². The first-order valence-corrected chi connectivity index (χ1v) is 7.05. The van der Waals surface area contributed by atoms with Crippen molar-refractivity contribution >= 4 is 11.3 Å². The van der Waals surface area contributed by atoms with Crippen molar-refractivity contribution in [3.05, 3.63) is 52.0 Å². The molecule has 2 aromatic rings. The Morgan fingerprint density at radius 2 is 2.11 bits per heavy atom. The van der Waals surface area contributed by atoms with E-state index >= 15 is 0 Å². The lowest BCUT2D eigenvalue weighted by Gasteiger charge is -2.14. The molecule has 0 saturated heterocycles. The third-order valence-corrected chi connectivity index (χ3v) is 3.87. The summed E-state index contributed by atoms with van der Waals surface area (Å²) in [5, 5.41) is 0. The van der Waals surface area contributed by atoms with Gasteiger partial charge in [-0.05, 0) is 25.3 Å². The van der Waals surface area contributed by atoms with E-state index in [4.69, 9.17) is 5.84 Å². The third-order valence-electron chi connectivity index (χ3n) is 3.07. The minimum absolute atomic E-state index is 0.312. The molecule has 0 spiro atoms. The first kappa shape index (κ1) is 13.2. The number of hydrogen-bond donors (Lipinski definition) is 2. The van der Waals surface area contributed by atoms with Crippen LogP contribution in [0.4, 0.5) is 0 Å². The highest BCUT2D eigenvalue weighted by Gasteiger charge is 2.09. The number of aromatic nitrogens is 1. The fraction of sp³-hybridized carbons (Fsp3) is 0.357. The molecule has 1 heterocycles. The summed E-state index contributed by atoms with van der Waals surface area (Å²) in [5.41, 5.74) is 7.43. The minimum Gasteiger partial charge on any atom is -0.271 e. The fourth-order valence-corrected chi connectivity index (χ4v) is 2.60. The van der Waals surface area contributed by atoms with E-state index in [1.807, 2.05) is 11.7 Å². The van der Waals surface area contributed by atoms with Crippen LogP contribution in [0.3, 0.4) is 0 Å². The van der Waals surface area contributed by atoms with Gasteiger partial charge in [0.2, 0.25) is 0 Å². The number of aryl methyl sites for hydroxylation is 2. The molecule has 0 bridgehead atoms. The van der Waals surface area contributed by atoms with E-state index in [1.54, 1.807) is 11.3 Å². The summed E-state index contributed by atoms with van der Waals surface area (Å²) in [6.07, 6.45) is 4.96. The van der Waals surface area contributed by atoms with Crippen LogP contribution in [0, 0.1) is 6.92 Å². The van der Waals surface area contributed by atoms with Crippen molar-refractivity contribution in [2.75, 3.05) is 0 Å². The van der Waals surface area contributed by atoms with E-state index in [2.05, 4.69) is 41.6 Å². The molecule has 0 aliphatic rings. The van der Waals surface area contributed by atoms with Crippen LogP contribution in [0.5, 0.6) is 0 Å². The van der Waals surface area contributed by atoms with Crippen molar-refractivity contribution < 1.29 is 0 Å². The van der Waals surface area contributed by atoms with Crippen LogP contribution in [0.1, 0.15) is 22.4 Å². The summed E-state index contributed by atoms with van der Waals surface area (Å²) in [5.74, 6) is 5.61. The van der Waals surface area contributed by atoms with Gasteiger partial charge in [-0.1, -0.05) is 29.8 Å². The Morgan fingerprint density at radius 1 is 1.33 bits per heavy atom. The number of nitrogens with zero attached hydrogens (tertiary/aromatic N) is 1. The number of benzene rings is 1. The molecule has 0 radical (unpaired) electrons. The molecular formula is C14H19N3S. The van der Waals surface area contributed by atoms with Crippen LogP contribution < -0.4 is 11.3 Å². The number of nitrogens with one attached hydrogen (secondary N) is 1. The fourth-order valence-electron chi connectivity index (χ4n) is 1.93. The highest BCUT2D eigenvalue weighted by Crippen LogP contribution is 2.13. The van der Waals surface area contributed by atoms with Crippen molar-refractivity contribution in [2.24, 2.45) is 5.84 Å². The number of rotatable bonds is 6. The van der Waals surface area contributed by atoms with E-state index in [0.717, 1.165) is 19.3 Å². The van der Waals surface area contributed by atoms with Crippen molar-refractivity contribution in [1.29, 1.82) is 0 Å². The quantitative estimate of drug-likeness (QED) is 0.620. The standard InChI is InChI=1S/C14H19N3S/c1-11-2-4-12(5-3-11)6-7-13(17-15)8-14-9-16-10-18-14/h2-5,9-10,13,17H,6-8,15H2,1H3. The summed E-state index contributed by atoms with van der Waals surface area (Å²) in [6.45, 7) is 2.11. The van der Waals surface area contributed by atoms with Crippen LogP contribution in [0.15, 0.2) is 36.0 Å². The molecule has 2 rings (SSSR count). The molecule has 1 aromatic carbocycles. The highest BCUT2D eigenvalue weighted by molar-refractivity contribution is 7.09. The lowest BCUT2D eigenvalue weighted by molar-refractivity contribution is 0.494. The topological polar surface area (TPSA) is 50.9 Å². The van der Waals surface area contributed by atoms with E-state index < -0.39 is 0 Å². The van der Waals surface area contributed by atoms with Gasteiger partial charge in [0.15, 0.2) is 0 Å². The van der Waals surface area contributed by atoms with Gasteiger partial charge in [0.25, 0.3) is 0 Å². The van der Waals surface area contributed by atoms with E-state index in [0.29, 0.717) is 6.04 Å². The van der Waals surface area contributed by atoms with Crippen LogP contribution >= 0.6 is 11.3 Å². The lowest BCUT2D eigenvalue weighted by Crippen LogP contribution is -2.36. The SMILES string of the molecule is Cc1ccc(CCC(Cc2cncs2)NN)cc1. The summed E-state index contributed by atoms with van der Waals surface area (Å²) >= 11 is 1.68. The molecule has 0 aliphatic heterocycles. The molecule has 3 nitrogen and oxygen atoms in total. The normalized spacial score (nSPS) is 12.6. The zero-order chi connectivity index (χ0) is 12.8. The number of thiazole rings is 1. The Hall–Kier alpha value is -1.23. The first-order chi connectivity index (χ1) is 8.78. The molecule has 1 unspecified atom stereocenters. The van der Waals surface area contributed by atoms with Gasteiger partial charge in [-0.25, -0.2) is 0 Å². The number of hydrogen-bond acceptors (Lipinski definition) is 4. The highest BCUT2D eigenvalue weighted by atomic mass is 32.1. The van der Waals surface area contributed by atoms with Gasteiger partial charge >= 0.3 is 0 Å². The summed E-state index contributed by atoms with van der Waals surface area (Å²) < 4.78 is 0. The molecule has 18 heavy (non-hydrogen) atoms. The van der Waals surface area contributed by atoms with Crippen LogP contribution in [0.25, 0.3) is 0 Å². The van der Waals surface area contributed by atoms with Crippen LogP contribution in [0.2, 0.25) is 0 Å². The van der Waals surface area contributed by atoms with Crippen LogP contribution in [-0.2, 0) is 12.8 Å². The van der Waals surface area contributed by atoms with Crippen LogP contribution in [-0.4, -0.2) is 11.0 Å². The maximum atomic E-state index is 5.61. The summed E-state index contributed by atoms with van der Waals surface area (Å²) in [4.78, 5) is 5.37. The molecular weight excluding hydrogens is 242 g/mol. The Balaban J connectivity index is 1.85. The summed E-state index contributed by atoms with van der Waals surface area (Å²) in [6, 6.07) is 9.00. The van der Waals surface area contributed by atoms with Gasteiger partial charge < -0.3 is 0 Å². The Bertz CT molecular complexity index is 450. The Labute approximate surface area is 112 Å². The van der Waals surface area contributed by atoms with Gasteiger partial charge in [0, 0.05) is 23.5 Å². The predicted octanol–water partition coefficient (Wildman–Crippen LogP) is 2.46. The van der Waals surface area contributed by atoms with Gasteiger partial charge in [0.05, 0.1) is 5.51 Å². The third kappa shape index (κ3) is 3.91. The molecule has 96 valence electrons. The molecule has 0 amide bonds. The van der Waals surface area contributed by atoms with E-state index in [-0.39, 0.29) is 0 Å². The summed E-state index contributed by atoms with van der Waals surface area (Å²) in [7, 11) is 0. The maximum Gasteiger partial charge on any atom is 0.0794 e. The number of nitrogens with two attached hydrogens (primary N) is 1. The molecule has 0 saturated carbocycles. The molecule has 0 fully saturated rings. The zero-order valence-electron chi connectivity index (χ0n) is 10.6. The molecule has 0 aliphatic carbocycles. The van der Waals surface area contributed by atoms with Crippen molar-refractivity contribution in [2.45, 2.75) is 32.2 Å². The van der Waals surface area contributed by atoms with E-state index in [9.17, 15) is 0 Å². The molecule has 1 aromatic heterocycles. The Kier molecular flexibility index (Phi) is 4.87. The lowest BCUT2D eigenvalue weighted by atomic mass is 10.0. The Morgan fingerprint density at radius 3 is 2.72 bits per heavy atom. The van der Waals surface area contributed by atoms with Gasteiger partial charge in [-0.3, -0.25) is 16.3 Å². The minimum atomic E-state index is 0.312. The van der Waals surface area contributed by atoms with Gasteiger partial charge in [0.1, 0.15) is 0 Å². The van der Waals surface area contributed by atoms with Gasteiger partial charge in [-0.2, -0.15) is 0 Å². The molecule has 4 heteroatoms. The second kappa shape index (κ2) is 6.64. The van der Waals surface area contributed by atoms with Crippen molar-refractivity contribution in [1.82, 2.24) is 10.4 Å².